The van der Waals surface area contributed by atoms with Crippen molar-refractivity contribution in [1.29, 1.82) is 0 Å². The second-order valence-electron chi connectivity index (χ2n) is 6.69. The molecular formula is C23H24N2O3. The van der Waals surface area contributed by atoms with Gasteiger partial charge in [0.2, 0.25) is 0 Å². The molecular weight excluding hydrogens is 352 g/mol. The van der Waals surface area contributed by atoms with Crippen molar-refractivity contribution in [3.63, 3.8) is 0 Å². The summed E-state index contributed by atoms with van der Waals surface area (Å²) in [5.41, 5.74) is 3.34. The third kappa shape index (κ3) is 4.81. The van der Waals surface area contributed by atoms with E-state index in [2.05, 4.69) is 28.5 Å². The van der Waals surface area contributed by atoms with Gasteiger partial charge in [-0.2, -0.15) is 0 Å². The van der Waals surface area contributed by atoms with Crippen molar-refractivity contribution in [3.8, 4) is 17.2 Å². The number of aromatic nitrogens is 1. The first-order valence-electron chi connectivity index (χ1n) is 9.57. The summed E-state index contributed by atoms with van der Waals surface area (Å²) in [5, 5.41) is 3.49. The molecule has 1 aliphatic heterocycles. The molecule has 0 amide bonds. The maximum Gasteiger partial charge on any atom is 0.161 e. The van der Waals surface area contributed by atoms with Crippen LogP contribution in [0.5, 0.6) is 17.2 Å². The van der Waals surface area contributed by atoms with Gasteiger partial charge in [0.15, 0.2) is 11.5 Å². The second-order valence-corrected chi connectivity index (χ2v) is 6.69. The van der Waals surface area contributed by atoms with E-state index in [1.54, 1.807) is 6.20 Å². The van der Waals surface area contributed by atoms with Crippen molar-refractivity contribution in [2.24, 2.45) is 0 Å². The maximum atomic E-state index is 6.00. The molecule has 1 aromatic heterocycles. The van der Waals surface area contributed by atoms with Gasteiger partial charge in [-0.3, -0.25) is 4.98 Å². The lowest BCUT2D eigenvalue weighted by Gasteiger charge is -2.13. The average Bonchev–Trinajstić information content (AvgIpc) is 2.99. The molecule has 0 saturated heterocycles. The van der Waals surface area contributed by atoms with Crippen LogP contribution in [0.4, 0.5) is 0 Å². The van der Waals surface area contributed by atoms with Crippen LogP contribution in [0.2, 0.25) is 0 Å². The number of fused-ring (bicyclic) bond motifs is 1. The fraction of sp³-hybridized carbons (Fsp3) is 0.261. The minimum atomic E-state index is 0.507. The lowest BCUT2D eigenvalue weighted by Crippen LogP contribution is -2.13. The molecule has 5 heteroatoms. The largest absolute Gasteiger partial charge is 0.490 e. The monoisotopic (exact) mass is 376 g/mol. The fourth-order valence-corrected chi connectivity index (χ4v) is 3.09. The first-order valence-corrected chi connectivity index (χ1v) is 9.57. The van der Waals surface area contributed by atoms with Crippen molar-refractivity contribution in [2.45, 2.75) is 26.1 Å². The molecule has 0 atom stereocenters. The molecule has 2 aromatic carbocycles. The molecule has 0 unspecified atom stereocenters. The van der Waals surface area contributed by atoms with Gasteiger partial charge in [0, 0.05) is 43.0 Å². The van der Waals surface area contributed by atoms with Crippen LogP contribution in [0.3, 0.4) is 0 Å². The summed E-state index contributed by atoms with van der Waals surface area (Å²) >= 11 is 0. The zero-order valence-corrected chi connectivity index (χ0v) is 15.8. The Labute approximate surface area is 165 Å². The van der Waals surface area contributed by atoms with E-state index in [9.17, 15) is 0 Å². The van der Waals surface area contributed by atoms with E-state index in [0.717, 1.165) is 53.4 Å². The molecule has 0 aliphatic carbocycles. The van der Waals surface area contributed by atoms with Crippen LogP contribution in [0.25, 0.3) is 0 Å². The van der Waals surface area contributed by atoms with E-state index in [1.807, 2.05) is 42.6 Å². The topological polar surface area (TPSA) is 52.6 Å². The average molecular weight is 376 g/mol. The minimum Gasteiger partial charge on any atom is -0.490 e. The molecule has 0 spiro atoms. The molecule has 144 valence electrons. The highest BCUT2D eigenvalue weighted by Crippen LogP contribution is 2.30. The van der Waals surface area contributed by atoms with Gasteiger partial charge in [-0.1, -0.05) is 30.3 Å². The van der Waals surface area contributed by atoms with Crippen LogP contribution < -0.4 is 19.5 Å². The van der Waals surface area contributed by atoms with Gasteiger partial charge in [-0.05, 0) is 29.8 Å². The Morgan fingerprint density at radius 1 is 0.893 bits per heavy atom. The van der Waals surface area contributed by atoms with Gasteiger partial charge >= 0.3 is 0 Å². The number of rotatable bonds is 7. The highest BCUT2D eigenvalue weighted by atomic mass is 16.5. The summed E-state index contributed by atoms with van der Waals surface area (Å²) in [6, 6.07) is 18.2. The highest BCUT2D eigenvalue weighted by molar-refractivity contribution is 5.43. The number of ether oxygens (including phenoxy) is 3. The smallest absolute Gasteiger partial charge is 0.161 e. The van der Waals surface area contributed by atoms with Crippen molar-refractivity contribution in [3.05, 3.63) is 83.7 Å². The summed E-state index contributed by atoms with van der Waals surface area (Å²) in [6.45, 7) is 3.38. The summed E-state index contributed by atoms with van der Waals surface area (Å²) in [4.78, 5) is 4.13. The van der Waals surface area contributed by atoms with E-state index < -0.39 is 0 Å². The molecule has 1 N–H and O–H groups in total. The minimum absolute atomic E-state index is 0.507. The number of nitrogens with zero attached hydrogens (tertiary/aromatic N) is 1. The van der Waals surface area contributed by atoms with Crippen LogP contribution in [0, 0.1) is 0 Å². The normalized spacial score (nSPS) is 13.0. The Morgan fingerprint density at radius 3 is 2.68 bits per heavy atom. The number of para-hydroxylation sites is 1. The molecule has 5 nitrogen and oxygen atoms in total. The summed E-state index contributed by atoms with van der Waals surface area (Å²) in [6.07, 6.45) is 4.50. The number of benzene rings is 2. The van der Waals surface area contributed by atoms with Gasteiger partial charge in [-0.15, -0.1) is 0 Å². The molecule has 3 aromatic rings. The fourth-order valence-electron chi connectivity index (χ4n) is 3.09. The summed E-state index contributed by atoms with van der Waals surface area (Å²) in [7, 11) is 0. The van der Waals surface area contributed by atoms with Gasteiger partial charge in [0.05, 0.1) is 13.2 Å². The SMILES string of the molecule is c1cncc(COc2ccccc2CNCc2ccc3c(c2)OCCCO3)c1. The molecule has 0 saturated carbocycles. The molecule has 4 rings (SSSR count). The molecule has 28 heavy (non-hydrogen) atoms. The quantitative estimate of drug-likeness (QED) is 0.672. The van der Waals surface area contributed by atoms with E-state index in [-0.39, 0.29) is 0 Å². The Hall–Kier alpha value is -3.05. The predicted octanol–water partition coefficient (Wildman–Crippen LogP) is 4.11. The maximum absolute atomic E-state index is 6.00. The first-order chi connectivity index (χ1) is 13.9. The molecule has 0 fully saturated rings. The molecule has 0 radical (unpaired) electrons. The van der Waals surface area contributed by atoms with Crippen molar-refractivity contribution >= 4 is 0 Å². The van der Waals surface area contributed by atoms with E-state index in [4.69, 9.17) is 14.2 Å². The third-order valence-electron chi connectivity index (χ3n) is 4.55. The second kappa shape index (κ2) is 9.24. The van der Waals surface area contributed by atoms with Gasteiger partial charge in [0.25, 0.3) is 0 Å². The van der Waals surface area contributed by atoms with E-state index in [0.29, 0.717) is 19.8 Å². The van der Waals surface area contributed by atoms with Crippen molar-refractivity contribution < 1.29 is 14.2 Å². The van der Waals surface area contributed by atoms with Crippen LogP contribution >= 0.6 is 0 Å². The Balaban J connectivity index is 1.34. The number of hydrogen-bond acceptors (Lipinski definition) is 5. The predicted molar refractivity (Wildman–Crippen MR) is 108 cm³/mol. The van der Waals surface area contributed by atoms with Crippen LogP contribution in [-0.2, 0) is 19.7 Å². The summed E-state index contributed by atoms with van der Waals surface area (Å²) < 4.78 is 17.5. The lowest BCUT2D eigenvalue weighted by atomic mass is 10.1. The van der Waals surface area contributed by atoms with Crippen molar-refractivity contribution in [2.75, 3.05) is 13.2 Å². The molecule has 1 aliphatic rings. The van der Waals surface area contributed by atoms with Gasteiger partial charge < -0.3 is 19.5 Å². The molecule has 2 heterocycles. The molecule has 0 bridgehead atoms. The van der Waals surface area contributed by atoms with Gasteiger partial charge in [0.1, 0.15) is 12.4 Å². The Morgan fingerprint density at radius 2 is 1.79 bits per heavy atom. The Kier molecular flexibility index (Phi) is 6.05. The van der Waals surface area contributed by atoms with E-state index in [1.165, 1.54) is 0 Å². The zero-order valence-electron chi connectivity index (χ0n) is 15.8. The Bertz CT molecular complexity index is 899. The third-order valence-corrected chi connectivity index (χ3v) is 4.55. The number of nitrogens with one attached hydrogen (secondary N) is 1. The number of pyridine rings is 1. The van der Waals surface area contributed by atoms with Crippen LogP contribution in [0.15, 0.2) is 67.0 Å². The van der Waals surface area contributed by atoms with Crippen LogP contribution in [-0.4, -0.2) is 18.2 Å². The highest BCUT2D eigenvalue weighted by Gasteiger charge is 2.10. The van der Waals surface area contributed by atoms with Crippen LogP contribution in [0.1, 0.15) is 23.1 Å². The lowest BCUT2D eigenvalue weighted by molar-refractivity contribution is 0.297. The van der Waals surface area contributed by atoms with Crippen molar-refractivity contribution in [1.82, 2.24) is 10.3 Å². The standard InChI is InChI=1S/C23H24N2O3/c1-2-7-21(28-17-19-5-3-10-24-15-19)20(6-1)16-25-14-18-8-9-22-23(13-18)27-12-4-11-26-22/h1-3,5-10,13,15,25H,4,11-12,14,16-17H2. The zero-order chi connectivity index (χ0) is 19.0. The summed E-state index contributed by atoms with van der Waals surface area (Å²) in [5.74, 6) is 2.55. The number of hydrogen-bond donors (Lipinski definition) is 1. The van der Waals surface area contributed by atoms with E-state index >= 15 is 0 Å². The van der Waals surface area contributed by atoms with Gasteiger partial charge in [-0.25, -0.2) is 0 Å². The first kappa shape index (κ1) is 18.3.